The Morgan fingerprint density at radius 3 is 2.10 bits per heavy atom. The molecule has 218 valence electrons. The molecule has 2 amide bonds. The van der Waals surface area contributed by atoms with Crippen LogP contribution in [0.5, 0.6) is 0 Å². The average Bonchev–Trinajstić information content (AvgIpc) is 2.98. The Kier molecular flexibility index (Phi) is 10.0. The number of benzene rings is 4. The Hall–Kier alpha value is -4.14. The Morgan fingerprint density at radius 2 is 1.48 bits per heavy atom. The van der Waals surface area contributed by atoms with E-state index in [1.54, 1.807) is 54.6 Å². The van der Waals surface area contributed by atoms with Crippen LogP contribution >= 0.6 is 11.6 Å². The van der Waals surface area contributed by atoms with E-state index in [1.165, 1.54) is 24.1 Å². The van der Waals surface area contributed by atoms with Crippen molar-refractivity contribution in [3.63, 3.8) is 0 Å². The number of nitrogens with zero attached hydrogens (tertiary/aromatic N) is 2. The van der Waals surface area contributed by atoms with Crippen molar-refractivity contribution in [3.05, 3.63) is 130 Å². The van der Waals surface area contributed by atoms with Crippen LogP contribution in [-0.4, -0.2) is 44.8 Å². The van der Waals surface area contributed by atoms with Gasteiger partial charge in [0.2, 0.25) is 11.8 Å². The number of likely N-dealkylation sites (N-methyl/N-ethyl adjacent to an activating group) is 1. The van der Waals surface area contributed by atoms with Gasteiger partial charge in [0.1, 0.15) is 12.6 Å². The van der Waals surface area contributed by atoms with Crippen molar-refractivity contribution in [1.29, 1.82) is 0 Å². The van der Waals surface area contributed by atoms with Crippen molar-refractivity contribution >= 4 is 39.1 Å². The van der Waals surface area contributed by atoms with Crippen LogP contribution in [0.3, 0.4) is 0 Å². The number of sulfonamides is 1. The van der Waals surface area contributed by atoms with Gasteiger partial charge in [-0.2, -0.15) is 0 Å². The minimum absolute atomic E-state index is 0.0683. The molecule has 0 fully saturated rings. The number of hydrogen-bond donors (Lipinski definition) is 1. The molecule has 0 saturated carbocycles. The number of carbonyl (C=O) groups is 2. The van der Waals surface area contributed by atoms with E-state index in [4.69, 9.17) is 11.6 Å². The van der Waals surface area contributed by atoms with E-state index in [0.717, 1.165) is 26.6 Å². The highest BCUT2D eigenvalue weighted by atomic mass is 35.5. The van der Waals surface area contributed by atoms with E-state index >= 15 is 0 Å². The molecule has 0 unspecified atom stereocenters. The maximum absolute atomic E-state index is 14.3. The average molecular weight is 604 g/mol. The molecule has 0 bridgehead atoms. The van der Waals surface area contributed by atoms with Crippen LogP contribution in [0.2, 0.25) is 5.02 Å². The van der Waals surface area contributed by atoms with Gasteiger partial charge in [0.15, 0.2) is 0 Å². The lowest BCUT2D eigenvalue weighted by molar-refractivity contribution is -0.139. The quantitative estimate of drug-likeness (QED) is 0.244. The molecule has 0 heterocycles. The van der Waals surface area contributed by atoms with Gasteiger partial charge in [-0.3, -0.25) is 13.9 Å². The predicted molar refractivity (Wildman–Crippen MR) is 167 cm³/mol. The van der Waals surface area contributed by atoms with E-state index in [0.29, 0.717) is 10.7 Å². The largest absolute Gasteiger partial charge is 0.357 e. The molecule has 0 saturated heterocycles. The number of nitrogens with one attached hydrogen (secondary N) is 1. The fourth-order valence-electron chi connectivity index (χ4n) is 4.66. The maximum Gasteiger partial charge on any atom is 0.264 e. The van der Waals surface area contributed by atoms with E-state index in [-0.39, 0.29) is 23.8 Å². The minimum Gasteiger partial charge on any atom is -0.357 e. The highest BCUT2D eigenvalue weighted by molar-refractivity contribution is 7.92. The summed E-state index contributed by atoms with van der Waals surface area (Å²) < 4.78 is 29.2. The number of halogens is 1. The summed E-state index contributed by atoms with van der Waals surface area (Å²) in [6.45, 7) is 3.30. The first-order valence-electron chi connectivity index (χ1n) is 13.5. The predicted octanol–water partition coefficient (Wildman–Crippen LogP) is 5.54. The molecule has 0 radical (unpaired) electrons. The third kappa shape index (κ3) is 7.57. The molecule has 9 heteroatoms. The van der Waals surface area contributed by atoms with Gasteiger partial charge in [-0.15, -0.1) is 0 Å². The molecule has 0 aliphatic heterocycles. The van der Waals surface area contributed by atoms with Gasteiger partial charge in [-0.25, -0.2) is 8.42 Å². The topological polar surface area (TPSA) is 86.8 Å². The lowest BCUT2D eigenvalue weighted by Gasteiger charge is -2.33. The van der Waals surface area contributed by atoms with Gasteiger partial charge in [0.05, 0.1) is 10.6 Å². The number of carbonyl (C=O) groups excluding carboxylic acids is 2. The van der Waals surface area contributed by atoms with Crippen LogP contribution in [-0.2, 0) is 32.6 Å². The van der Waals surface area contributed by atoms with Gasteiger partial charge in [0, 0.05) is 25.0 Å². The molecular weight excluding hydrogens is 570 g/mol. The monoisotopic (exact) mass is 603 g/mol. The summed E-state index contributed by atoms with van der Waals surface area (Å²) in [5.74, 6) is -0.878. The van der Waals surface area contributed by atoms with E-state index in [9.17, 15) is 18.0 Å². The van der Waals surface area contributed by atoms with Crippen molar-refractivity contribution < 1.29 is 18.0 Å². The number of amides is 2. The molecule has 0 aliphatic carbocycles. The summed E-state index contributed by atoms with van der Waals surface area (Å²) in [6, 6.07) is 29.0. The van der Waals surface area contributed by atoms with Crippen LogP contribution in [0.1, 0.15) is 22.3 Å². The third-order valence-corrected chi connectivity index (χ3v) is 9.00. The Bertz CT molecular complexity index is 1630. The molecule has 7 nitrogen and oxygen atoms in total. The van der Waals surface area contributed by atoms with Crippen molar-refractivity contribution in [1.82, 2.24) is 10.2 Å². The lowest BCUT2D eigenvalue weighted by Crippen LogP contribution is -2.53. The normalized spacial score (nSPS) is 11.9. The summed E-state index contributed by atoms with van der Waals surface area (Å²) in [4.78, 5) is 29.1. The molecule has 0 aromatic heterocycles. The van der Waals surface area contributed by atoms with Gasteiger partial charge in [-0.1, -0.05) is 83.9 Å². The first-order valence-corrected chi connectivity index (χ1v) is 15.4. The Balaban J connectivity index is 1.78. The number of rotatable bonds is 11. The van der Waals surface area contributed by atoms with Gasteiger partial charge in [-0.05, 0) is 66.9 Å². The first kappa shape index (κ1) is 30.8. The molecule has 0 spiro atoms. The smallest absolute Gasteiger partial charge is 0.264 e. The molecule has 1 N–H and O–H groups in total. The fourth-order valence-corrected chi connectivity index (χ4v) is 6.19. The van der Waals surface area contributed by atoms with Crippen molar-refractivity contribution in [2.45, 2.75) is 37.8 Å². The van der Waals surface area contributed by atoms with Gasteiger partial charge < -0.3 is 10.2 Å². The zero-order valence-corrected chi connectivity index (χ0v) is 25.4. The van der Waals surface area contributed by atoms with E-state index < -0.39 is 28.5 Å². The number of hydrogen-bond acceptors (Lipinski definition) is 4. The zero-order valence-electron chi connectivity index (χ0n) is 23.8. The van der Waals surface area contributed by atoms with E-state index in [2.05, 4.69) is 5.32 Å². The second-order valence-corrected chi connectivity index (χ2v) is 12.4. The van der Waals surface area contributed by atoms with Crippen molar-refractivity contribution in [2.24, 2.45) is 0 Å². The second kappa shape index (κ2) is 13.7. The molecule has 4 aromatic rings. The minimum atomic E-state index is -4.14. The van der Waals surface area contributed by atoms with Crippen LogP contribution < -0.4 is 9.62 Å². The lowest BCUT2D eigenvalue weighted by atomic mass is 10.0. The summed E-state index contributed by atoms with van der Waals surface area (Å²) in [7, 11) is -2.62. The summed E-state index contributed by atoms with van der Waals surface area (Å²) in [5.41, 5.74) is 3.72. The molecule has 0 aliphatic rings. The SMILES string of the molecule is CNC(=O)[C@@H](Cc1ccccc1)N(Cc1ccc(Cl)cc1)C(=O)CN(c1cccc(C)c1)S(=O)(=O)c1ccc(C)cc1. The van der Waals surface area contributed by atoms with E-state index in [1.807, 2.05) is 50.2 Å². The first-order chi connectivity index (χ1) is 20.1. The highest BCUT2D eigenvalue weighted by Crippen LogP contribution is 2.26. The molecule has 4 rings (SSSR count). The summed E-state index contributed by atoms with van der Waals surface area (Å²) >= 11 is 6.10. The van der Waals surface area contributed by atoms with Gasteiger partial charge in [0.25, 0.3) is 10.0 Å². The van der Waals surface area contributed by atoms with Crippen molar-refractivity contribution in [2.75, 3.05) is 17.9 Å². The molecule has 4 aromatic carbocycles. The van der Waals surface area contributed by atoms with Crippen LogP contribution in [0, 0.1) is 13.8 Å². The Morgan fingerprint density at radius 1 is 0.810 bits per heavy atom. The molecule has 1 atom stereocenters. The van der Waals surface area contributed by atoms with Crippen molar-refractivity contribution in [3.8, 4) is 0 Å². The second-order valence-electron chi connectivity index (χ2n) is 10.1. The standard InChI is InChI=1S/C33H34ClN3O4S/c1-24-12-18-30(19-13-24)42(40,41)37(29-11-7-8-25(2)20-29)23-32(38)36(22-27-14-16-28(34)17-15-27)31(33(39)35-3)21-26-9-5-4-6-10-26/h4-20,31H,21-23H2,1-3H3,(H,35,39)/t31-/m1/s1. The summed E-state index contributed by atoms with van der Waals surface area (Å²) in [5, 5.41) is 3.22. The fraction of sp³-hybridized carbons (Fsp3) is 0.212. The third-order valence-electron chi connectivity index (χ3n) is 6.96. The van der Waals surface area contributed by atoms with Crippen LogP contribution in [0.4, 0.5) is 5.69 Å². The zero-order chi connectivity index (χ0) is 30.3. The maximum atomic E-state index is 14.3. The number of anilines is 1. The van der Waals surface area contributed by atoms with Crippen LogP contribution in [0.25, 0.3) is 0 Å². The highest BCUT2D eigenvalue weighted by Gasteiger charge is 2.34. The Labute approximate surface area is 252 Å². The molecule has 42 heavy (non-hydrogen) atoms. The number of aryl methyl sites for hydroxylation is 2. The summed E-state index contributed by atoms with van der Waals surface area (Å²) in [6.07, 6.45) is 0.245. The molecular formula is C33H34ClN3O4S. The van der Waals surface area contributed by atoms with Gasteiger partial charge >= 0.3 is 0 Å². The van der Waals surface area contributed by atoms with Crippen LogP contribution in [0.15, 0.2) is 108 Å².